The monoisotopic (exact) mass is 302 g/mol. The van der Waals surface area contributed by atoms with Crippen LogP contribution in [0.2, 0.25) is 0 Å². The van der Waals surface area contributed by atoms with Crippen molar-refractivity contribution in [2.75, 3.05) is 20.1 Å². The fourth-order valence-corrected chi connectivity index (χ4v) is 1.82. The van der Waals surface area contributed by atoms with Crippen LogP contribution in [0.5, 0.6) is 0 Å². The molecule has 2 N–H and O–H groups in total. The van der Waals surface area contributed by atoms with Gasteiger partial charge in [0.15, 0.2) is 0 Å². The fourth-order valence-electron chi connectivity index (χ4n) is 1.39. The third-order valence-electron chi connectivity index (χ3n) is 2.27. The fraction of sp³-hybridized carbons (Fsp3) is 0.417. The summed E-state index contributed by atoms with van der Waals surface area (Å²) in [6.07, 6.45) is 1.17. The standard InChI is InChI=1S/C12H16BrFN2O/c1-15-5-2-6-16-12(17)8-9-3-4-11(14)10(13)7-9/h3-4,7,15H,2,5-6,8H2,1H3,(H,16,17). The zero-order chi connectivity index (χ0) is 12.7. The lowest BCUT2D eigenvalue weighted by Crippen LogP contribution is -2.27. The third kappa shape index (κ3) is 5.28. The van der Waals surface area contributed by atoms with E-state index in [4.69, 9.17) is 0 Å². The lowest BCUT2D eigenvalue weighted by Gasteiger charge is -2.05. The molecule has 3 nitrogen and oxygen atoms in total. The van der Waals surface area contributed by atoms with Crippen LogP contribution >= 0.6 is 15.9 Å². The molecular formula is C12H16BrFN2O. The first kappa shape index (κ1) is 14.1. The van der Waals surface area contributed by atoms with E-state index >= 15 is 0 Å². The van der Waals surface area contributed by atoms with Gasteiger partial charge < -0.3 is 10.6 Å². The van der Waals surface area contributed by atoms with E-state index in [-0.39, 0.29) is 18.1 Å². The van der Waals surface area contributed by atoms with E-state index in [2.05, 4.69) is 26.6 Å². The van der Waals surface area contributed by atoms with Gasteiger partial charge in [0, 0.05) is 6.54 Å². The molecule has 17 heavy (non-hydrogen) atoms. The van der Waals surface area contributed by atoms with Crippen molar-refractivity contribution in [2.45, 2.75) is 12.8 Å². The Morgan fingerprint density at radius 1 is 1.41 bits per heavy atom. The van der Waals surface area contributed by atoms with Crippen molar-refractivity contribution in [3.63, 3.8) is 0 Å². The highest BCUT2D eigenvalue weighted by Gasteiger charge is 2.05. The van der Waals surface area contributed by atoms with Crippen LogP contribution < -0.4 is 10.6 Å². The zero-order valence-corrected chi connectivity index (χ0v) is 11.3. The molecule has 5 heteroatoms. The summed E-state index contributed by atoms with van der Waals surface area (Å²) in [5.41, 5.74) is 0.796. The Kier molecular flexibility index (Phi) is 6.15. The maximum atomic E-state index is 13.0. The predicted molar refractivity (Wildman–Crippen MR) is 69.4 cm³/mol. The number of nitrogens with one attached hydrogen (secondary N) is 2. The molecule has 0 aromatic heterocycles. The zero-order valence-electron chi connectivity index (χ0n) is 9.72. The predicted octanol–water partition coefficient (Wildman–Crippen LogP) is 1.86. The minimum atomic E-state index is -0.317. The Hall–Kier alpha value is -0.940. The summed E-state index contributed by atoms with van der Waals surface area (Å²) in [5.74, 6) is -0.359. The molecule has 0 unspecified atom stereocenters. The lowest BCUT2D eigenvalue weighted by molar-refractivity contribution is -0.120. The average Bonchev–Trinajstić information content (AvgIpc) is 2.30. The highest BCUT2D eigenvalue weighted by Crippen LogP contribution is 2.16. The molecule has 0 spiro atoms. The van der Waals surface area contributed by atoms with Gasteiger partial charge in [0.1, 0.15) is 5.82 Å². The van der Waals surface area contributed by atoms with Gasteiger partial charge in [0.2, 0.25) is 5.91 Å². The Morgan fingerprint density at radius 2 is 2.18 bits per heavy atom. The van der Waals surface area contributed by atoms with Crippen LogP contribution in [0.1, 0.15) is 12.0 Å². The van der Waals surface area contributed by atoms with E-state index in [0.29, 0.717) is 11.0 Å². The highest BCUT2D eigenvalue weighted by atomic mass is 79.9. The van der Waals surface area contributed by atoms with E-state index in [1.165, 1.54) is 6.07 Å². The van der Waals surface area contributed by atoms with Crippen molar-refractivity contribution in [3.05, 3.63) is 34.1 Å². The summed E-state index contributed by atoms with van der Waals surface area (Å²) in [6, 6.07) is 4.60. The second kappa shape index (κ2) is 7.40. The van der Waals surface area contributed by atoms with Crippen molar-refractivity contribution in [2.24, 2.45) is 0 Å². The Bertz CT molecular complexity index is 385. The topological polar surface area (TPSA) is 41.1 Å². The Morgan fingerprint density at radius 3 is 2.82 bits per heavy atom. The number of carbonyl (C=O) groups is 1. The molecule has 1 aromatic carbocycles. The van der Waals surface area contributed by atoms with Gasteiger partial charge >= 0.3 is 0 Å². The lowest BCUT2D eigenvalue weighted by atomic mass is 10.1. The van der Waals surface area contributed by atoms with Gasteiger partial charge in [-0.1, -0.05) is 6.07 Å². The molecule has 1 rings (SSSR count). The SMILES string of the molecule is CNCCCNC(=O)Cc1ccc(F)c(Br)c1. The number of rotatable bonds is 6. The van der Waals surface area contributed by atoms with Crippen LogP contribution in [0.3, 0.4) is 0 Å². The molecule has 0 aliphatic heterocycles. The van der Waals surface area contributed by atoms with E-state index in [0.717, 1.165) is 18.5 Å². The molecule has 0 radical (unpaired) electrons. The first-order valence-electron chi connectivity index (χ1n) is 5.48. The van der Waals surface area contributed by atoms with Crippen molar-refractivity contribution >= 4 is 21.8 Å². The van der Waals surface area contributed by atoms with Crippen LogP contribution in [0.25, 0.3) is 0 Å². The van der Waals surface area contributed by atoms with Crippen molar-refractivity contribution < 1.29 is 9.18 Å². The summed E-state index contributed by atoms with van der Waals surface area (Å²) in [4.78, 5) is 11.5. The summed E-state index contributed by atoms with van der Waals surface area (Å²) in [6.45, 7) is 1.53. The molecule has 0 bridgehead atoms. The minimum absolute atomic E-state index is 0.0420. The summed E-state index contributed by atoms with van der Waals surface area (Å²) in [5, 5.41) is 5.82. The highest BCUT2D eigenvalue weighted by molar-refractivity contribution is 9.10. The summed E-state index contributed by atoms with van der Waals surface area (Å²) >= 11 is 3.09. The molecule has 0 heterocycles. The number of benzene rings is 1. The van der Waals surface area contributed by atoms with E-state index in [1.54, 1.807) is 12.1 Å². The van der Waals surface area contributed by atoms with Crippen LogP contribution in [0, 0.1) is 5.82 Å². The number of hydrogen-bond acceptors (Lipinski definition) is 2. The first-order valence-corrected chi connectivity index (χ1v) is 6.28. The molecular weight excluding hydrogens is 287 g/mol. The summed E-state index contributed by atoms with van der Waals surface area (Å²) < 4.78 is 13.4. The number of carbonyl (C=O) groups excluding carboxylic acids is 1. The van der Waals surface area contributed by atoms with Crippen LogP contribution in [-0.4, -0.2) is 26.0 Å². The van der Waals surface area contributed by atoms with Crippen molar-refractivity contribution in [3.8, 4) is 0 Å². The van der Waals surface area contributed by atoms with Gasteiger partial charge in [-0.15, -0.1) is 0 Å². The molecule has 94 valence electrons. The molecule has 0 aliphatic rings. The normalized spacial score (nSPS) is 10.3. The smallest absolute Gasteiger partial charge is 0.224 e. The van der Waals surface area contributed by atoms with E-state index < -0.39 is 0 Å². The van der Waals surface area contributed by atoms with E-state index in [1.807, 2.05) is 7.05 Å². The number of halogens is 2. The molecule has 0 atom stereocenters. The van der Waals surface area contributed by atoms with Gasteiger partial charge in [-0.25, -0.2) is 4.39 Å². The molecule has 1 amide bonds. The molecule has 0 fully saturated rings. The van der Waals surface area contributed by atoms with Crippen molar-refractivity contribution in [1.29, 1.82) is 0 Å². The summed E-state index contributed by atoms with van der Waals surface area (Å²) in [7, 11) is 1.87. The maximum absolute atomic E-state index is 13.0. The number of amides is 1. The van der Waals surface area contributed by atoms with Crippen molar-refractivity contribution in [1.82, 2.24) is 10.6 Å². The van der Waals surface area contributed by atoms with Gasteiger partial charge in [-0.05, 0) is 53.6 Å². The largest absolute Gasteiger partial charge is 0.356 e. The van der Waals surface area contributed by atoms with Crippen LogP contribution in [0.15, 0.2) is 22.7 Å². The number of hydrogen-bond donors (Lipinski definition) is 2. The first-order chi connectivity index (χ1) is 8.13. The average molecular weight is 303 g/mol. The third-order valence-corrected chi connectivity index (χ3v) is 2.88. The van der Waals surface area contributed by atoms with Gasteiger partial charge in [-0.2, -0.15) is 0 Å². The van der Waals surface area contributed by atoms with Crippen LogP contribution in [0.4, 0.5) is 4.39 Å². The van der Waals surface area contributed by atoms with Gasteiger partial charge in [0.05, 0.1) is 10.9 Å². The van der Waals surface area contributed by atoms with Crippen LogP contribution in [-0.2, 0) is 11.2 Å². The Balaban J connectivity index is 2.37. The molecule has 0 saturated carbocycles. The molecule has 0 aliphatic carbocycles. The maximum Gasteiger partial charge on any atom is 0.224 e. The molecule has 0 saturated heterocycles. The van der Waals surface area contributed by atoms with E-state index in [9.17, 15) is 9.18 Å². The van der Waals surface area contributed by atoms with Gasteiger partial charge in [-0.3, -0.25) is 4.79 Å². The second-order valence-corrected chi connectivity index (χ2v) is 4.59. The second-order valence-electron chi connectivity index (χ2n) is 3.73. The van der Waals surface area contributed by atoms with Gasteiger partial charge in [0.25, 0.3) is 0 Å². The quantitative estimate of drug-likeness (QED) is 0.788. The molecule has 1 aromatic rings. The minimum Gasteiger partial charge on any atom is -0.356 e. The Labute approximate surface area is 109 Å².